The summed E-state index contributed by atoms with van der Waals surface area (Å²) < 4.78 is 0. The standard InChI is InChI=1S/C17H26N2OS/c1-13-8-6-7-9-14(13)16-19(15(20)10-21-16)12-17(2,3)11-18(4)5/h6-9,16H,10-12H2,1-5H3. The molecule has 4 heteroatoms. The van der Waals surface area contributed by atoms with Gasteiger partial charge in [0.15, 0.2) is 0 Å². The van der Waals surface area contributed by atoms with Crippen LogP contribution in [0, 0.1) is 12.3 Å². The fraction of sp³-hybridized carbons (Fsp3) is 0.588. The fourth-order valence-corrected chi connectivity index (χ4v) is 4.40. The summed E-state index contributed by atoms with van der Waals surface area (Å²) in [6, 6.07) is 8.40. The van der Waals surface area contributed by atoms with Crippen LogP contribution in [0.3, 0.4) is 0 Å². The zero-order chi connectivity index (χ0) is 15.6. The van der Waals surface area contributed by atoms with E-state index >= 15 is 0 Å². The average Bonchev–Trinajstić information content (AvgIpc) is 2.69. The number of thioether (sulfide) groups is 1. The van der Waals surface area contributed by atoms with E-state index < -0.39 is 0 Å². The van der Waals surface area contributed by atoms with Gasteiger partial charge >= 0.3 is 0 Å². The minimum absolute atomic E-state index is 0.0883. The van der Waals surface area contributed by atoms with Crippen molar-refractivity contribution in [1.29, 1.82) is 0 Å². The van der Waals surface area contributed by atoms with E-state index in [4.69, 9.17) is 0 Å². The molecule has 0 spiro atoms. The van der Waals surface area contributed by atoms with Gasteiger partial charge < -0.3 is 9.80 Å². The number of hydrogen-bond acceptors (Lipinski definition) is 3. The number of carbonyl (C=O) groups is 1. The summed E-state index contributed by atoms with van der Waals surface area (Å²) in [5.41, 5.74) is 2.62. The summed E-state index contributed by atoms with van der Waals surface area (Å²) >= 11 is 1.75. The molecule has 1 fully saturated rings. The molecule has 1 heterocycles. The lowest BCUT2D eigenvalue weighted by Crippen LogP contribution is -2.42. The van der Waals surface area contributed by atoms with Gasteiger partial charge in [0, 0.05) is 13.1 Å². The lowest BCUT2D eigenvalue weighted by Gasteiger charge is -2.35. The smallest absolute Gasteiger partial charge is 0.233 e. The summed E-state index contributed by atoms with van der Waals surface area (Å²) in [7, 11) is 4.17. The van der Waals surface area contributed by atoms with Crippen molar-refractivity contribution in [2.45, 2.75) is 26.1 Å². The molecule has 1 aromatic rings. The van der Waals surface area contributed by atoms with Crippen LogP contribution in [0.1, 0.15) is 30.3 Å². The minimum Gasteiger partial charge on any atom is -0.325 e. The number of rotatable bonds is 5. The van der Waals surface area contributed by atoms with Crippen LogP contribution in [-0.2, 0) is 4.79 Å². The molecule has 0 bridgehead atoms. The van der Waals surface area contributed by atoms with Gasteiger partial charge in [0.25, 0.3) is 0 Å². The molecule has 3 nitrogen and oxygen atoms in total. The first-order valence-corrected chi connectivity index (χ1v) is 8.46. The first kappa shape index (κ1) is 16.4. The van der Waals surface area contributed by atoms with Crippen LogP contribution in [0.4, 0.5) is 0 Å². The van der Waals surface area contributed by atoms with Crippen molar-refractivity contribution < 1.29 is 4.79 Å². The number of benzene rings is 1. The molecule has 0 saturated carbocycles. The Morgan fingerprint density at radius 3 is 2.62 bits per heavy atom. The van der Waals surface area contributed by atoms with E-state index in [1.165, 1.54) is 11.1 Å². The van der Waals surface area contributed by atoms with Gasteiger partial charge in [0.2, 0.25) is 5.91 Å². The van der Waals surface area contributed by atoms with Crippen molar-refractivity contribution >= 4 is 17.7 Å². The second-order valence-electron chi connectivity index (χ2n) is 6.94. The third-order valence-electron chi connectivity index (χ3n) is 3.77. The topological polar surface area (TPSA) is 23.6 Å². The normalized spacial score (nSPS) is 19.6. The van der Waals surface area contributed by atoms with Gasteiger partial charge in [0.1, 0.15) is 5.37 Å². The summed E-state index contributed by atoms with van der Waals surface area (Å²) in [6.07, 6.45) is 0. The van der Waals surface area contributed by atoms with Crippen molar-refractivity contribution in [2.24, 2.45) is 5.41 Å². The minimum atomic E-state index is 0.0883. The fourth-order valence-electron chi connectivity index (χ4n) is 3.11. The molecule has 0 aromatic heterocycles. The van der Waals surface area contributed by atoms with Crippen molar-refractivity contribution in [3.05, 3.63) is 35.4 Å². The highest BCUT2D eigenvalue weighted by Crippen LogP contribution is 2.41. The number of hydrogen-bond donors (Lipinski definition) is 0. The molecule has 2 rings (SSSR count). The Bertz CT molecular complexity index is 513. The molecule has 1 unspecified atom stereocenters. The van der Waals surface area contributed by atoms with Gasteiger partial charge in [-0.25, -0.2) is 0 Å². The maximum atomic E-state index is 12.3. The predicted octanol–water partition coefficient (Wildman–Crippen LogP) is 3.16. The predicted molar refractivity (Wildman–Crippen MR) is 90.4 cm³/mol. The van der Waals surface area contributed by atoms with Crippen molar-refractivity contribution in [3.63, 3.8) is 0 Å². The first-order chi connectivity index (χ1) is 9.80. The maximum absolute atomic E-state index is 12.3. The molecule has 1 aromatic carbocycles. The van der Waals surface area contributed by atoms with Crippen LogP contribution >= 0.6 is 11.8 Å². The van der Waals surface area contributed by atoms with E-state index in [9.17, 15) is 4.79 Å². The van der Waals surface area contributed by atoms with E-state index in [1.54, 1.807) is 11.8 Å². The third kappa shape index (κ3) is 4.01. The highest BCUT2D eigenvalue weighted by atomic mass is 32.2. The number of nitrogens with zero attached hydrogens (tertiary/aromatic N) is 2. The van der Waals surface area contributed by atoms with Gasteiger partial charge in [0.05, 0.1) is 5.75 Å². The SMILES string of the molecule is Cc1ccccc1C1SCC(=O)N1CC(C)(C)CN(C)C. The van der Waals surface area contributed by atoms with E-state index in [0.29, 0.717) is 5.75 Å². The molecule has 1 aliphatic heterocycles. The summed E-state index contributed by atoms with van der Waals surface area (Å²) in [5, 5.41) is 0.167. The van der Waals surface area contributed by atoms with E-state index in [1.807, 2.05) is 0 Å². The highest BCUT2D eigenvalue weighted by molar-refractivity contribution is 8.00. The van der Waals surface area contributed by atoms with E-state index in [2.05, 4.69) is 68.9 Å². The van der Waals surface area contributed by atoms with E-state index in [0.717, 1.165) is 13.1 Å². The van der Waals surface area contributed by atoms with Gasteiger partial charge in [-0.3, -0.25) is 4.79 Å². The second kappa shape index (κ2) is 6.41. The lowest BCUT2D eigenvalue weighted by molar-refractivity contribution is -0.129. The van der Waals surface area contributed by atoms with Crippen molar-refractivity contribution in [3.8, 4) is 0 Å². The second-order valence-corrected chi connectivity index (χ2v) is 8.01. The third-order valence-corrected chi connectivity index (χ3v) is 5.00. The Morgan fingerprint density at radius 1 is 1.33 bits per heavy atom. The molecule has 1 atom stereocenters. The first-order valence-electron chi connectivity index (χ1n) is 7.41. The molecule has 21 heavy (non-hydrogen) atoms. The Morgan fingerprint density at radius 2 is 2.00 bits per heavy atom. The van der Waals surface area contributed by atoms with Crippen molar-refractivity contribution in [2.75, 3.05) is 32.9 Å². The van der Waals surface area contributed by atoms with E-state index in [-0.39, 0.29) is 16.7 Å². The number of carbonyl (C=O) groups excluding carboxylic acids is 1. The quantitative estimate of drug-likeness (QED) is 0.835. The number of aryl methyl sites for hydroxylation is 1. The number of amides is 1. The molecular weight excluding hydrogens is 280 g/mol. The Labute approximate surface area is 132 Å². The van der Waals surface area contributed by atoms with Gasteiger partial charge in [-0.15, -0.1) is 11.8 Å². The van der Waals surface area contributed by atoms with Crippen LogP contribution in [0.15, 0.2) is 24.3 Å². The molecular formula is C17H26N2OS. The summed E-state index contributed by atoms with van der Waals surface area (Å²) in [5.74, 6) is 0.858. The van der Waals surface area contributed by atoms with Crippen LogP contribution in [0.25, 0.3) is 0 Å². The molecule has 116 valence electrons. The Balaban J connectivity index is 2.20. The zero-order valence-electron chi connectivity index (χ0n) is 13.7. The Hall–Kier alpha value is -1.00. The summed E-state index contributed by atoms with van der Waals surface area (Å²) in [6.45, 7) is 8.37. The van der Waals surface area contributed by atoms with Crippen LogP contribution < -0.4 is 0 Å². The average molecular weight is 306 g/mol. The van der Waals surface area contributed by atoms with Gasteiger partial charge in [-0.05, 0) is 37.6 Å². The molecule has 0 N–H and O–H groups in total. The van der Waals surface area contributed by atoms with Crippen molar-refractivity contribution in [1.82, 2.24) is 9.80 Å². The molecule has 1 saturated heterocycles. The van der Waals surface area contributed by atoms with Crippen LogP contribution in [0.2, 0.25) is 0 Å². The molecule has 1 aliphatic rings. The maximum Gasteiger partial charge on any atom is 0.233 e. The molecule has 1 amide bonds. The van der Waals surface area contributed by atoms with Gasteiger partial charge in [-0.1, -0.05) is 38.1 Å². The molecule has 0 radical (unpaired) electrons. The lowest BCUT2D eigenvalue weighted by atomic mass is 9.91. The highest BCUT2D eigenvalue weighted by Gasteiger charge is 2.37. The largest absolute Gasteiger partial charge is 0.325 e. The monoisotopic (exact) mass is 306 g/mol. The molecule has 0 aliphatic carbocycles. The Kier molecular flexibility index (Phi) is 4.99. The van der Waals surface area contributed by atoms with Crippen LogP contribution in [-0.4, -0.2) is 48.6 Å². The zero-order valence-corrected chi connectivity index (χ0v) is 14.5. The summed E-state index contributed by atoms with van der Waals surface area (Å²) in [4.78, 5) is 16.6. The van der Waals surface area contributed by atoms with Gasteiger partial charge in [-0.2, -0.15) is 0 Å². The van der Waals surface area contributed by atoms with Crippen LogP contribution in [0.5, 0.6) is 0 Å².